The van der Waals surface area contributed by atoms with Crippen molar-refractivity contribution in [1.29, 1.82) is 0 Å². The van der Waals surface area contributed by atoms with Gasteiger partial charge in [-0.2, -0.15) is 0 Å². The Morgan fingerprint density at radius 1 is 1.11 bits per heavy atom. The largest absolute Gasteiger partial charge is 0.315 e. The molecular weight excluding hydrogens is 244 g/mol. The molecule has 0 radical (unpaired) electrons. The van der Waals surface area contributed by atoms with Crippen molar-refractivity contribution in [2.75, 3.05) is 13.1 Å². The van der Waals surface area contributed by atoms with E-state index in [1.54, 1.807) is 0 Å². The van der Waals surface area contributed by atoms with Crippen LogP contribution in [0.3, 0.4) is 0 Å². The van der Waals surface area contributed by atoms with Gasteiger partial charge in [-0.05, 0) is 36.8 Å². The summed E-state index contributed by atoms with van der Waals surface area (Å²) in [6.45, 7) is 13.9. The Kier molecular flexibility index (Phi) is 6.75. The van der Waals surface area contributed by atoms with Gasteiger partial charge in [-0.15, -0.1) is 5.10 Å². The molecule has 0 spiro atoms. The van der Waals surface area contributed by atoms with Gasteiger partial charge in [-0.1, -0.05) is 32.2 Å². The van der Waals surface area contributed by atoms with E-state index in [0.717, 1.165) is 25.3 Å². The molecule has 5 heteroatoms. The summed E-state index contributed by atoms with van der Waals surface area (Å²) in [7, 11) is 0. The van der Waals surface area contributed by atoms with Gasteiger partial charge in [0, 0.05) is 19.1 Å². The zero-order valence-electron chi connectivity index (χ0n) is 12.2. The number of hydrogen-bond donors (Lipinski definition) is 2. The van der Waals surface area contributed by atoms with Gasteiger partial charge in [0.1, 0.15) is 0 Å². The third-order valence-electron chi connectivity index (χ3n) is 2.75. The molecule has 1 unspecified atom stereocenters. The lowest BCUT2D eigenvalue weighted by Crippen LogP contribution is -2.37. The Labute approximate surface area is 115 Å². The molecule has 0 aromatic carbocycles. The molecule has 1 atom stereocenters. The quantitative estimate of drug-likeness (QED) is 0.761. The van der Waals surface area contributed by atoms with Crippen molar-refractivity contribution in [3.05, 3.63) is 10.6 Å². The normalized spacial score (nSPS) is 13.5. The van der Waals surface area contributed by atoms with Gasteiger partial charge in [-0.3, -0.25) is 0 Å². The van der Waals surface area contributed by atoms with E-state index in [4.69, 9.17) is 0 Å². The lowest BCUT2D eigenvalue weighted by molar-refractivity contribution is 0.472. The average Bonchev–Trinajstić information content (AvgIpc) is 2.74. The molecule has 1 rings (SSSR count). The van der Waals surface area contributed by atoms with Crippen molar-refractivity contribution in [2.24, 2.45) is 5.92 Å². The molecule has 0 amide bonds. The molecule has 1 aromatic heterocycles. The van der Waals surface area contributed by atoms with Crippen molar-refractivity contribution in [2.45, 2.75) is 53.1 Å². The lowest BCUT2D eigenvalue weighted by Gasteiger charge is -2.15. The van der Waals surface area contributed by atoms with Crippen LogP contribution in [0.1, 0.15) is 51.1 Å². The van der Waals surface area contributed by atoms with E-state index in [1.165, 1.54) is 16.4 Å². The molecule has 0 saturated heterocycles. The highest BCUT2D eigenvalue weighted by Crippen LogP contribution is 2.19. The van der Waals surface area contributed by atoms with E-state index in [1.807, 2.05) is 0 Å². The van der Waals surface area contributed by atoms with Gasteiger partial charge < -0.3 is 10.6 Å². The number of rotatable bonds is 8. The van der Waals surface area contributed by atoms with Gasteiger partial charge in [0.05, 0.1) is 10.6 Å². The molecule has 0 aliphatic heterocycles. The van der Waals surface area contributed by atoms with Gasteiger partial charge in [0.25, 0.3) is 0 Å². The van der Waals surface area contributed by atoms with Crippen molar-refractivity contribution in [1.82, 2.24) is 20.2 Å². The summed E-state index contributed by atoms with van der Waals surface area (Å²) in [5.74, 6) is 1.16. The van der Waals surface area contributed by atoms with E-state index in [0.29, 0.717) is 17.9 Å². The van der Waals surface area contributed by atoms with Crippen LogP contribution in [-0.4, -0.2) is 28.7 Å². The molecular formula is C13H26N4S. The second-order valence-corrected chi connectivity index (χ2v) is 6.41. The maximum atomic E-state index is 4.19. The zero-order valence-corrected chi connectivity index (χ0v) is 13.0. The first-order valence-electron chi connectivity index (χ1n) is 6.76. The molecule has 1 aromatic rings. The first-order chi connectivity index (χ1) is 8.50. The van der Waals surface area contributed by atoms with Crippen molar-refractivity contribution >= 4 is 11.5 Å². The molecule has 4 nitrogen and oxygen atoms in total. The van der Waals surface area contributed by atoms with Crippen LogP contribution in [0, 0.1) is 5.92 Å². The second-order valence-electron chi connectivity index (χ2n) is 5.57. The van der Waals surface area contributed by atoms with E-state index in [2.05, 4.69) is 54.8 Å². The zero-order chi connectivity index (χ0) is 13.5. The van der Waals surface area contributed by atoms with E-state index < -0.39 is 0 Å². The van der Waals surface area contributed by atoms with Crippen molar-refractivity contribution in [3.63, 3.8) is 0 Å². The van der Waals surface area contributed by atoms with Crippen LogP contribution in [0.5, 0.6) is 0 Å². The predicted octanol–water partition coefficient (Wildman–Crippen LogP) is 2.39. The molecule has 0 aliphatic rings. The van der Waals surface area contributed by atoms with Crippen LogP contribution < -0.4 is 10.6 Å². The minimum atomic E-state index is 0.454. The Morgan fingerprint density at radius 2 is 1.83 bits per heavy atom. The van der Waals surface area contributed by atoms with Crippen LogP contribution in [0.4, 0.5) is 0 Å². The molecule has 2 N–H and O–H groups in total. The van der Waals surface area contributed by atoms with Gasteiger partial charge in [0.15, 0.2) is 0 Å². The average molecular weight is 270 g/mol. The molecule has 0 aliphatic carbocycles. The number of nitrogens with one attached hydrogen (secondary N) is 2. The fourth-order valence-electron chi connectivity index (χ4n) is 1.70. The van der Waals surface area contributed by atoms with E-state index in [9.17, 15) is 0 Å². The van der Waals surface area contributed by atoms with Crippen LogP contribution in [0.2, 0.25) is 0 Å². The third-order valence-corrected chi connectivity index (χ3v) is 3.48. The van der Waals surface area contributed by atoms with Crippen LogP contribution in [0.25, 0.3) is 0 Å². The summed E-state index contributed by atoms with van der Waals surface area (Å²) in [5, 5.41) is 11.2. The summed E-state index contributed by atoms with van der Waals surface area (Å²) in [6.07, 6.45) is 0. The summed E-state index contributed by atoms with van der Waals surface area (Å²) in [5.41, 5.74) is 1.13. The maximum absolute atomic E-state index is 4.19. The minimum Gasteiger partial charge on any atom is -0.315 e. The molecule has 104 valence electrons. The smallest absolute Gasteiger partial charge is 0.0826 e. The Bertz CT molecular complexity index is 335. The third kappa shape index (κ3) is 5.42. The summed E-state index contributed by atoms with van der Waals surface area (Å²) in [4.78, 5) is 1.26. The van der Waals surface area contributed by atoms with E-state index >= 15 is 0 Å². The minimum absolute atomic E-state index is 0.454. The molecule has 0 fully saturated rings. The topological polar surface area (TPSA) is 49.8 Å². The number of aromatic nitrogens is 2. The van der Waals surface area contributed by atoms with Gasteiger partial charge in [-0.25, -0.2) is 0 Å². The molecule has 1 heterocycles. The highest BCUT2D eigenvalue weighted by atomic mass is 32.1. The standard InChI is InChI=1S/C13H26N4S/c1-9(2)6-14-7-11(5)15-8-12-13(10(3)4)16-17-18-12/h9-11,14-15H,6-8H2,1-5H3. The number of hydrogen-bond acceptors (Lipinski definition) is 5. The van der Waals surface area contributed by atoms with Crippen LogP contribution >= 0.6 is 11.5 Å². The Balaban J connectivity index is 2.29. The maximum Gasteiger partial charge on any atom is 0.0826 e. The fourth-order valence-corrected chi connectivity index (χ4v) is 2.45. The van der Waals surface area contributed by atoms with Crippen molar-refractivity contribution < 1.29 is 0 Å². The van der Waals surface area contributed by atoms with E-state index in [-0.39, 0.29) is 0 Å². The van der Waals surface area contributed by atoms with Crippen LogP contribution in [0.15, 0.2) is 0 Å². The van der Waals surface area contributed by atoms with Gasteiger partial charge >= 0.3 is 0 Å². The van der Waals surface area contributed by atoms with Gasteiger partial charge in [0.2, 0.25) is 0 Å². The first-order valence-corrected chi connectivity index (χ1v) is 7.53. The molecule has 0 saturated carbocycles. The molecule has 18 heavy (non-hydrogen) atoms. The first kappa shape index (κ1) is 15.5. The summed E-state index contributed by atoms with van der Waals surface area (Å²) < 4.78 is 4.04. The fraction of sp³-hybridized carbons (Fsp3) is 0.846. The summed E-state index contributed by atoms with van der Waals surface area (Å²) in [6, 6.07) is 0.464. The van der Waals surface area contributed by atoms with Crippen LogP contribution in [-0.2, 0) is 6.54 Å². The highest BCUT2D eigenvalue weighted by Gasteiger charge is 2.12. The summed E-state index contributed by atoms with van der Waals surface area (Å²) >= 11 is 1.50. The lowest BCUT2D eigenvalue weighted by atomic mass is 10.1. The second kappa shape index (κ2) is 7.81. The SMILES string of the molecule is CC(C)CNCC(C)NCc1snnc1C(C)C. The van der Waals surface area contributed by atoms with Crippen molar-refractivity contribution in [3.8, 4) is 0 Å². The molecule has 0 bridgehead atoms. The Hall–Kier alpha value is -0.520. The monoisotopic (exact) mass is 270 g/mol. The Morgan fingerprint density at radius 3 is 2.44 bits per heavy atom. The predicted molar refractivity (Wildman–Crippen MR) is 78.0 cm³/mol. The number of nitrogens with zero attached hydrogens (tertiary/aromatic N) is 2. The highest BCUT2D eigenvalue weighted by molar-refractivity contribution is 7.05.